The quantitative estimate of drug-likeness (QED) is 0.714. The fourth-order valence-electron chi connectivity index (χ4n) is 2.18. The van der Waals surface area contributed by atoms with Crippen LogP contribution in [0.15, 0.2) is 22.7 Å². The van der Waals surface area contributed by atoms with Crippen LogP contribution < -0.4 is 5.32 Å². The Balaban J connectivity index is 1.99. The maximum atomic E-state index is 12.0. The van der Waals surface area contributed by atoms with Crippen molar-refractivity contribution in [2.24, 2.45) is 5.92 Å². The smallest absolute Gasteiger partial charge is 0.227 e. The molecule has 1 fully saturated rings. The maximum absolute atomic E-state index is 12.0. The highest BCUT2D eigenvalue weighted by molar-refractivity contribution is 14.1. The number of carbonyl (C=O) groups excluding carboxylic acids is 1. The van der Waals surface area contributed by atoms with Gasteiger partial charge in [-0.1, -0.05) is 19.3 Å². The second-order valence-corrected chi connectivity index (χ2v) is 6.47. The number of benzene rings is 1. The average molecular weight is 408 g/mol. The second-order valence-electron chi connectivity index (χ2n) is 4.45. The first-order chi connectivity index (χ1) is 8.16. The fourth-order valence-corrected chi connectivity index (χ4v) is 2.90. The highest BCUT2D eigenvalue weighted by atomic mass is 127. The van der Waals surface area contributed by atoms with Crippen molar-refractivity contribution in [3.8, 4) is 0 Å². The molecule has 1 amide bonds. The van der Waals surface area contributed by atoms with Gasteiger partial charge in [0.1, 0.15) is 0 Å². The standard InChI is InChI=1S/C13H15BrINO/c14-11-8-10(6-7-12(11)15)16-13(17)9-4-2-1-3-5-9/h6-9H,1-5H2,(H,16,17). The molecule has 17 heavy (non-hydrogen) atoms. The maximum Gasteiger partial charge on any atom is 0.227 e. The summed E-state index contributed by atoms with van der Waals surface area (Å²) in [5, 5.41) is 3.01. The lowest BCUT2D eigenvalue weighted by molar-refractivity contribution is -0.120. The van der Waals surface area contributed by atoms with Gasteiger partial charge in [0.2, 0.25) is 5.91 Å². The number of halogens is 2. The summed E-state index contributed by atoms with van der Waals surface area (Å²) in [5.74, 6) is 0.389. The predicted octanol–water partition coefficient (Wildman–Crippen LogP) is 4.57. The summed E-state index contributed by atoms with van der Waals surface area (Å²) in [6, 6.07) is 5.91. The molecule has 0 bridgehead atoms. The van der Waals surface area contributed by atoms with Crippen molar-refractivity contribution < 1.29 is 4.79 Å². The van der Waals surface area contributed by atoms with E-state index in [1.54, 1.807) is 0 Å². The third-order valence-corrected chi connectivity index (χ3v) is 5.50. The van der Waals surface area contributed by atoms with Crippen LogP contribution in [0.3, 0.4) is 0 Å². The molecule has 0 aromatic heterocycles. The van der Waals surface area contributed by atoms with Crippen LogP contribution in [0.4, 0.5) is 5.69 Å². The fraction of sp³-hybridized carbons (Fsp3) is 0.462. The molecule has 1 aliphatic carbocycles. The minimum Gasteiger partial charge on any atom is -0.326 e. The first-order valence-electron chi connectivity index (χ1n) is 5.93. The van der Waals surface area contributed by atoms with Gasteiger partial charge < -0.3 is 5.32 Å². The first-order valence-corrected chi connectivity index (χ1v) is 7.80. The van der Waals surface area contributed by atoms with Gasteiger partial charge in [-0.25, -0.2) is 0 Å². The molecule has 92 valence electrons. The molecule has 0 unspecified atom stereocenters. The summed E-state index contributed by atoms with van der Waals surface area (Å²) in [7, 11) is 0. The second kappa shape index (κ2) is 6.18. The van der Waals surface area contributed by atoms with Gasteiger partial charge in [-0.2, -0.15) is 0 Å². The largest absolute Gasteiger partial charge is 0.326 e. The normalized spacial score (nSPS) is 16.8. The van der Waals surface area contributed by atoms with Gasteiger partial charge in [-0.15, -0.1) is 0 Å². The molecule has 2 nitrogen and oxygen atoms in total. The van der Waals surface area contributed by atoms with Crippen molar-refractivity contribution in [3.63, 3.8) is 0 Å². The van der Waals surface area contributed by atoms with Gasteiger partial charge in [-0.05, 0) is 69.6 Å². The zero-order chi connectivity index (χ0) is 12.3. The van der Waals surface area contributed by atoms with E-state index in [9.17, 15) is 4.79 Å². The molecule has 1 N–H and O–H groups in total. The summed E-state index contributed by atoms with van der Waals surface area (Å²) in [4.78, 5) is 12.0. The molecule has 1 aromatic carbocycles. The monoisotopic (exact) mass is 407 g/mol. The third-order valence-electron chi connectivity index (χ3n) is 3.16. The SMILES string of the molecule is O=C(Nc1ccc(I)c(Br)c1)C1CCCCC1. The van der Waals surface area contributed by atoms with Gasteiger partial charge in [-0.3, -0.25) is 4.79 Å². The van der Waals surface area contributed by atoms with E-state index in [0.29, 0.717) is 0 Å². The van der Waals surface area contributed by atoms with E-state index in [-0.39, 0.29) is 11.8 Å². The Kier molecular flexibility index (Phi) is 4.85. The van der Waals surface area contributed by atoms with Crippen molar-refractivity contribution in [1.82, 2.24) is 0 Å². The van der Waals surface area contributed by atoms with Crippen molar-refractivity contribution in [1.29, 1.82) is 0 Å². The highest BCUT2D eigenvalue weighted by Crippen LogP contribution is 2.26. The lowest BCUT2D eigenvalue weighted by Crippen LogP contribution is -2.24. The molecule has 1 saturated carbocycles. The molecular formula is C13H15BrINO. The van der Waals surface area contributed by atoms with Crippen molar-refractivity contribution >= 4 is 50.1 Å². The summed E-state index contributed by atoms with van der Waals surface area (Å²) < 4.78 is 2.18. The first kappa shape index (κ1) is 13.3. The van der Waals surface area contributed by atoms with E-state index < -0.39 is 0 Å². The average Bonchev–Trinajstić information content (AvgIpc) is 2.35. The Hall–Kier alpha value is -0.100. The molecule has 0 spiro atoms. The number of nitrogens with one attached hydrogen (secondary N) is 1. The highest BCUT2D eigenvalue weighted by Gasteiger charge is 2.21. The number of amides is 1. The number of anilines is 1. The van der Waals surface area contributed by atoms with E-state index in [1.165, 1.54) is 19.3 Å². The van der Waals surface area contributed by atoms with E-state index >= 15 is 0 Å². The number of hydrogen-bond acceptors (Lipinski definition) is 1. The zero-order valence-corrected chi connectivity index (χ0v) is 13.3. The van der Waals surface area contributed by atoms with Crippen LogP contribution >= 0.6 is 38.5 Å². The van der Waals surface area contributed by atoms with Gasteiger partial charge in [0, 0.05) is 19.6 Å². The summed E-state index contributed by atoms with van der Waals surface area (Å²) >= 11 is 5.73. The lowest BCUT2D eigenvalue weighted by Gasteiger charge is -2.20. The Morgan fingerprint density at radius 1 is 1.29 bits per heavy atom. The molecule has 0 heterocycles. The topological polar surface area (TPSA) is 29.1 Å². The van der Waals surface area contributed by atoms with Crippen LogP contribution in [0.5, 0.6) is 0 Å². The van der Waals surface area contributed by atoms with E-state index in [0.717, 1.165) is 26.6 Å². The molecule has 0 aliphatic heterocycles. The lowest BCUT2D eigenvalue weighted by atomic mass is 9.88. The van der Waals surface area contributed by atoms with Crippen LogP contribution in [0.1, 0.15) is 32.1 Å². The van der Waals surface area contributed by atoms with Crippen LogP contribution in [0.25, 0.3) is 0 Å². The number of rotatable bonds is 2. The van der Waals surface area contributed by atoms with Crippen molar-refractivity contribution in [2.45, 2.75) is 32.1 Å². The number of carbonyl (C=O) groups is 1. The summed E-state index contributed by atoms with van der Waals surface area (Å²) in [6.45, 7) is 0. The molecule has 4 heteroatoms. The zero-order valence-electron chi connectivity index (χ0n) is 9.51. The molecule has 2 rings (SSSR count). The number of hydrogen-bond donors (Lipinski definition) is 1. The molecule has 0 saturated heterocycles. The molecular weight excluding hydrogens is 393 g/mol. The van der Waals surface area contributed by atoms with Crippen LogP contribution in [0.2, 0.25) is 0 Å². The summed E-state index contributed by atoms with van der Waals surface area (Å²) in [6.07, 6.45) is 5.73. The molecule has 0 radical (unpaired) electrons. The van der Waals surface area contributed by atoms with Gasteiger partial charge in [0.15, 0.2) is 0 Å². The Morgan fingerprint density at radius 2 is 2.00 bits per heavy atom. The van der Waals surface area contributed by atoms with Crippen LogP contribution in [-0.2, 0) is 4.79 Å². The molecule has 0 atom stereocenters. The minimum atomic E-state index is 0.179. The van der Waals surface area contributed by atoms with Crippen molar-refractivity contribution in [3.05, 3.63) is 26.2 Å². The summed E-state index contributed by atoms with van der Waals surface area (Å²) in [5.41, 5.74) is 0.882. The Morgan fingerprint density at radius 3 is 2.65 bits per heavy atom. The Bertz CT molecular complexity index is 416. The molecule has 1 aliphatic rings. The van der Waals surface area contributed by atoms with Crippen LogP contribution in [-0.4, -0.2) is 5.91 Å². The Labute approximate surface area is 124 Å². The van der Waals surface area contributed by atoms with Crippen molar-refractivity contribution in [2.75, 3.05) is 5.32 Å². The third kappa shape index (κ3) is 3.68. The van der Waals surface area contributed by atoms with E-state index in [1.807, 2.05) is 18.2 Å². The van der Waals surface area contributed by atoms with Crippen LogP contribution in [0, 0.1) is 9.49 Å². The van der Waals surface area contributed by atoms with Gasteiger partial charge in [0.25, 0.3) is 0 Å². The van der Waals surface area contributed by atoms with Gasteiger partial charge >= 0.3 is 0 Å². The van der Waals surface area contributed by atoms with E-state index in [2.05, 4.69) is 43.8 Å². The van der Waals surface area contributed by atoms with Gasteiger partial charge in [0.05, 0.1) is 0 Å². The predicted molar refractivity (Wildman–Crippen MR) is 82.1 cm³/mol. The van der Waals surface area contributed by atoms with E-state index in [4.69, 9.17) is 0 Å². The molecule has 1 aromatic rings. The minimum absolute atomic E-state index is 0.179.